The molecule has 0 heterocycles. The second-order valence-corrected chi connectivity index (χ2v) is 5.35. The van der Waals surface area contributed by atoms with Crippen molar-refractivity contribution in [3.63, 3.8) is 0 Å². The zero-order valence-electron chi connectivity index (χ0n) is 10.3. The maximum atomic E-state index is 13.4. The highest BCUT2D eigenvalue weighted by Crippen LogP contribution is 2.43. The Hall–Kier alpha value is -0.240. The highest BCUT2D eigenvalue weighted by atomic mass is 31.2. The lowest BCUT2D eigenvalue weighted by atomic mass is 9.92. The Morgan fingerprint density at radius 3 is 2.05 bits per heavy atom. The number of phosphoric acid groups is 1. The van der Waals surface area contributed by atoms with Crippen LogP contribution in [-0.4, -0.2) is 34.4 Å². The van der Waals surface area contributed by atoms with Crippen molar-refractivity contribution in [1.82, 2.24) is 0 Å². The average Bonchev–Trinajstić information content (AvgIpc) is 2.24. The molecule has 0 rings (SSSR count). The van der Waals surface area contributed by atoms with E-state index in [0.717, 1.165) is 6.92 Å². The normalized spacial score (nSPS) is 18.4. The zero-order valence-corrected chi connectivity index (χ0v) is 11.2. The first-order valence-corrected chi connectivity index (χ1v) is 7.00. The van der Waals surface area contributed by atoms with Crippen LogP contribution < -0.4 is 0 Å². The summed E-state index contributed by atoms with van der Waals surface area (Å²) in [6, 6.07) is 0. The Kier molecular flexibility index (Phi) is 6.88. The first-order chi connectivity index (χ1) is 8.43. The summed E-state index contributed by atoms with van der Waals surface area (Å²) in [5.74, 6) is -6.69. The standard InChI is InChI=1S/C9H16F5O4P/c1-3-4-6(18-19(15,16)17)5(2)7(10)9(13,14)8(11)12/h5-8H,3-4H2,1-2H3,(H2,15,16,17). The predicted octanol–water partition coefficient (Wildman–Crippen LogP) is 3.14. The van der Waals surface area contributed by atoms with Gasteiger partial charge in [-0.2, -0.15) is 8.78 Å². The fourth-order valence-electron chi connectivity index (χ4n) is 1.53. The average molecular weight is 314 g/mol. The van der Waals surface area contributed by atoms with Crippen LogP contribution in [0.4, 0.5) is 22.0 Å². The predicted molar refractivity (Wildman–Crippen MR) is 56.8 cm³/mol. The first kappa shape index (κ1) is 18.8. The lowest BCUT2D eigenvalue weighted by Crippen LogP contribution is -2.45. The summed E-state index contributed by atoms with van der Waals surface area (Å²) in [6.45, 7) is 2.39. The minimum atomic E-state index is -5.02. The van der Waals surface area contributed by atoms with Gasteiger partial charge in [-0.1, -0.05) is 20.3 Å². The van der Waals surface area contributed by atoms with Crippen molar-refractivity contribution in [2.75, 3.05) is 0 Å². The lowest BCUT2D eigenvalue weighted by Gasteiger charge is -2.30. The van der Waals surface area contributed by atoms with Crippen molar-refractivity contribution in [3.8, 4) is 0 Å². The van der Waals surface area contributed by atoms with Crippen LogP contribution >= 0.6 is 7.82 Å². The third-order valence-corrected chi connectivity index (χ3v) is 3.10. The van der Waals surface area contributed by atoms with E-state index < -0.39 is 38.4 Å². The monoisotopic (exact) mass is 314 g/mol. The molecule has 0 aromatic rings. The number of alkyl halides is 5. The highest BCUT2D eigenvalue weighted by molar-refractivity contribution is 7.46. The minimum absolute atomic E-state index is 0.147. The Balaban J connectivity index is 4.99. The van der Waals surface area contributed by atoms with Crippen LogP contribution in [0.15, 0.2) is 0 Å². The van der Waals surface area contributed by atoms with Crippen molar-refractivity contribution in [2.45, 2.75) is 51.3 Å². The third-order valence-electron chi connectivity index (χ3n) is 2.55. The summed E-state index contributed by atoms with van der Waals surface area (Å²) in [7, 11) is -5.02. The summed E-state index contributed by atoms with van der Waals surface area (Å²) in [5.41, 5.74) is 0. The van der Waals surface area contributed by atoms with Crippen LogP contribution in [0.5, 0.6) is 0 Å². The molecule has 3 unspecified atom stereocenters. The van der Waals surface area contributed by atoms with E-state index in [1.807, 2.05) is 0 Å². The molecule has 0 saturated carbocycles. The molecule has 0 amide bonds. The molecule has 19 heavy (non-hydrogen) atoms. The molecule has 0 radical (unpaired) electrons. The number of phosphoric ester groups is 1. The molecule has 0 spiro atoms. The van der Waals surface area contributed by atoms with Gasteiger partial charge in [0.15, 0.2) is 6.17 Å². The van der Waals surface area contributed by atoms with E-state index in [-0.39, 0.29) is 12.8 Å². The zero-order chi connectivity index (χ0) is 15.4. The number of hydrogen-bond acceptors (Lipinski definition) is 2. The van der Waals surface area contributed by atoms with Crippen molar-refractivity contribution in [3.05, 3.63) is 0 Å². The Morgan fingerprint density at radius 1 is 1.26 bits per heavy atom. The van der Waals surface area contributed by atoms with Crippen LogP contribution in [0.1, 0.15) is 26.7 Å². The van der Waals surface area contributed by atoms with E-state index in [4.69, 9.17) is 9.79 Å². The molecule has 0 aromatic heterocycles. The second kappa shape index (κ2) is 6.97. The molecule has 0 bridgehead atoms. The molecular formula is C9H16F5O4P. The molecular weight excluding hydrogens is 298 g/mol. The van der Waals surface area contributed by atoms with Gasteiger partial charge in [0.2, 0.25) is 0 Å². The van der Waals surface area contributed by atoms with Crippen molar-refractivity contribution >= 4 is 7.82 Å². The van der Waals surface area contributed by atoms with Crippen molar-refractivity contribution < 1.29 is 40.8 Å². The summed E-state index contributed by atoms with van der Waals surface area (Å²) >= 11 is 0. The third kappa shape index (κ3) is 5.72. The Labute approximate surface area is 107 Å². The number of halogens is 5. The summed E-state index contributed by atoms with van der Waals surface area (Å²) in [4.78, 5) is 17.2. The van der Waals surface area contributed by atoms with Crippen LogP contribution in [0.3, 0.4) is 0 Å². The smallest absolute Gasteiger partial charge is 0.303 e. The van der Waals surface area contributed by atoms with Gasteiger partial charge in [0.25, 0.3) is 0 Å². The van der Waals surface area contributed by atoms with Gasteiger partial charge in [-0.3, -0.25) is 4.52 Å². The SMILES string of the molecule is CCCC(OP(=O)(O)O)C(C)C(F)C(F)(F)C(F)F. The molecule has 4 nitrogen and oxygen atoms in total. The van der Waals surface area contributed by atoms with Gasteiger partial charge in [-0.25, -0.2) is 17.7 Å². The maximum absolute atomic E-state index is 13.4. The molecule has 2 N–H and O–H groups in total. The quantitative estimate of drug-likeness (QED) is 0.533. The van der Waals surface area contributed by atoms with Crippen LogP contribution in [0, 0.1) is 5.92 Å². The minimum Gasteiger partial charge on any atom is -0.303 e. The van der Waals surface area contributed by atoms with E-state index in [1.54, 1.807) is 6.92 Å². The molecule has 0 aliphatic carbocycles. The van der Waals surface area contributed by atoms with E-state index in [9.17, 15) is 26.5 Å². The van der Waals surface area contributed by atoms with Crippen LogP contribution in [-0.2, 0) is 9.09 Å². The second-order valence-electron chi connectivity index (χ2n) is 4.16. The molecule has 0 aromatic carbocycles. The maximum Gasteiger partial charge on any atom is 0.469 e. The van der Waals surface area contributed by atoms with Crippen molar-refractivity contribution in [1.29, 1.82) is 0 Å². The fraction of sp³-hybridized carbons (Fsp3) is 1.00. The summed E-state index contributed by atoms with van der Waals surface area (Å²) in [6.07, 6.45) is -8.95. The Bertz CT molecular complexity index is 322. The highest BCUT2D eigenvalue weighted by Gasteiger charge is 2.53. The van der Waals surface area contributed by atoms with Gasteiger partial charge in [0.05, 0.1) is 6.10 Å². The topological polar surface area (TPSA) is 66.8 Å². The van der Waals surface area contributed by atoms with Crippen molar-refractivity contribution in [2.24, 2.45) is 5.92 Å². The molecule has 116 valence electrons. The molecule has 0 saturated heterocycles. The molecule has 0 aliphatic heterocycles. The van der Waals surface area contributed by atoms with E-state index >= 15 is 0 Å². The van der Waals surface area contributed by atoms with Gasteiger partial charge in [0, 0.05) is 5.92 Å². The van der Waals surface area contributed by atoms with Gasteiger partial charge in [-0.05, 0) is 6.42 Å². The van der Waals surface area contributed by atoms with Gasteiger partial charge in [-0.15, -0.1) is 0 Å². The largest absolute Gasteiger partial charge is 0.469 e. The summed E-state index contributed by atoms with van der Waals surface area (Å²) in [5, 5.41) is 0. The molecule has 10 heteroatoms. The molecule has 3 atom stereocenters. The van der Waals surface area contributed by atoms with Gasteiger partial charge in [0.1, 0.15) is 0 Å². The molecule has 0 fully saturated rings. The van der Waals surface area contributed by atoms with Gasteiger partial charge < -0.3 is 9.79 Å². The lowest BCUT2D eigenvalue weighted by molar-refractivity contribution is -0.189. The Morgan fingerprint density at radius 2 is 1.74 bits per heavy atom. The number of rotatable bonds is 8. The van der Waals surface area contributed by atoms with Gasteiger partial charge >= 0.3 is 20.2 Å². The first-order valence-electron chi connectivity index (χ1n) is 5.47. The van der Waals surface area contributed by atoms with Crippen LogP contribution in [0.25, 0.3) is 0 Å². The summed E-state index contributed by atoms with van der Waals surface area (Å²) < 4.78 is 78.0. The fourth-order valence-corrected chi connectivity index (χ4v) is 2.18. The number of hydrogen-bond donors (Lipinski definition) is 2. The van der Waals surface area contributed by atoms with E-state index in [1.165, 1.54) is 0 Å². The van der Waals surface area contributed by atoms with E-state index in [0.29, 0.717) is 0 Å². The van der Waals surface area contributed by atoms with Crippen LogP contribution in [0.2, 0.25) is 0 Å². The molecule has 0 aliphatic rings. The van der Waals surface area contributed by atoms with E-state index in [2.05, 4.69) is 4.52 Å².